The van der Waals surface area contributed by atoms with Gasteiger partial charge in [0.1, 0.15) is 12.1 Å². The van der Waals surface area contributed by atoms with E-state index in [1.807, 2.05) is 31.2 Å². The summed E-state index contributed by atoms with van der Waals surface area (Å²) in [6, 6.07) is 6.83. The fraction of sp³-hybridized carbons (Fsp3) is 0.526. The number of rotatable bonds is 4. The molecule has 0 unspecified atom stereocenters. The molecule has 0 aliphatic carbocycles. The van der Waals surface area contributed by atoms with Crippen molar-refractivity contribution in [2.24, 2.45) is 5.92 Å². The van der Waals surface area contributed by atoms with Gasteiger partial charge >= 0.3 is 6.03 Å². The van der Waals surface area contributed by atoms with Gasteiger partial charge in [-0.1, -0.05) is 29.8 Å². The molecule has 26 heavy (non-hydrogen) atoms. The summed E-state index contributed by atoms with van der Waals surface area (Å²) in [5.41, 5.74) is 0.577. The van der Waals surface area contributed by atoms with Crippen molar-refractivity contribution in [3.05, 3.63) is 35.4 Å². The van der Waals surface area contributed by atoms with Crippen LogP contribution in [0.25, 0.3) is 0 Å². The van der Waals surface area contributed by atoms with E-state index in [-0.39, 0.29) is 18.4 Å². The second-order valence-corrected chi connectivity index (χ2v) is 7.44. The number of imide groups is 1. The molecule has 2 N–H and O–H groups in total. The fourth-order valence-corrected chi connectivity index (χ4v) is 3.57. The second kappa shape index (κ2) is 6.72. The van der Waals surface area contributed by atoms with Crippen molar-refractivity contribution >= 4 is 17.8 Å². The molecule has 0 bridgehead atoms. The van der Waals surface area contributed by atoms with E-state index in [1.165, 1.54) is 0 Å². The molecule has 140 valence electrons. The maximum absolute atomic E-state index is 12.9. The number of benzene rings is 1. The molecule has 2 heterocycles. The standard InChI is InChI=1S/C19H25N3O4/c1-12-4-6-15(7-5-12)19(3)17(25)22(18(26)20-19)11-16(24)21-9-8-14(10-21)13(2)23/h4-7,13-14,23H,8-11H2,1-3H3,(H,20,26)/t13-,14+,19-/m0/s1. The molecule has 2 saturated heterocycles. The topological polar surface area (TPSA) is 90.0 Å². The maximum atomic E-state index is 12.9. The van der Waals surface area contributed by atoms with Crippen LogP contribution in [0.3, 0.4) is 0 Å². The minimum Gasteiger partial charge on any atom is -0.393 e. The number of aliphatic hydroxyl groups excluding tert-OH is 1. The van der Waals surface area contributed by atoms with Gasteiger partial charge in [0.2, 0.25) is 5.91 Å². The lowest BCUT2D eigenvalue weighted by molar-refractivity contribution is -0.138. The molecule has 2 aliphatic rings. The summed E-state index contributed by atoms with van der Waals surface area (Å²) < 4.78 is 0. The highest BCUT2D eigenvalue weighted by Gasteiger charge is 2.49. The number of hydrogen-bond donors (Lipinski definition) is 2. The van der Waals surface area contributed by atoms with Crippen LogP contribution in [0, 0.1) is 12.8 Å². The van der Waals surface area contributed by atoms with Crippen LogP contribution in [0.2, 0.25) is 0 Å². The lowest BCUT2D eigenvalue weighted by Gasteiger charge is -2.23. The maximum Gasteiger partial charge on any atom is 0.325 e. The van der Waals surface area contributed by atoms with Gasteiger partial charge in [-0.3, -0.25) is 14.5 Å². The molecule has 7 nitrogen and oxygen atoms in total. The quantitative estimate of drug-likeness (QED) is 0.785. The van der Waals surface area contributed by atoms with Crippen LogP contribution >= 0.6 is 0 Å². The number of carbonyl (C=O) groups is 3. The normalized spacial score (nSPS) is 27.0. The number of nitrogens with one attached hydrogen (secondary N) is 1. The highest BCUT2D eigenvalue weighted by atomic mass is 16.3. The minimum absolute atomic E-state index is 0.0416. The molecular formula is C19H25N3O4. The Kier molecular flexibility index (Phi) is 4.75. The lowest BCUT2D eigenvalue weighted by Crippen LogP contribution is -2.44. The zero-order chi connectivity index (χ0) is 19.1. The third-order valence-electron chi connectivity index (χ3n) is 5.46. The predicted octanol–water partition coefficient (Wildman–Crippen LogP) is 0.991. The van der Waals surface area contributed by atoms with Gasteiger partial charge in [-0.15, -0.1) is 0 Å². The smallest absolute Gasteiger partial charge is 0.325 e. The SMILES string of the molecule is Cc1ccc([C@]2(C)NC(=O)N(CC(=O)N3CC[C@@H]([C@H](C)O)C3)C2=O)cc1. The van der Waals surface area contributed by atoms with Crippen LogP contribution in [0.1, 0.15) is 31.4 Å². The molecule has 2 fully saturated rings. The molecule has 0 radical (unpaired) electrons. The van der Waals surface area contributed by atoms with Gasteiger partial charge in [-0.05, 0) is 32.8 Å². The Morgan fingerprint density at radius 3 is 2.58 bits per heavy atom. The molecule has 4 amide bonds. The van der Waals surface area contributed by atoms with Gasteiger partial charge < -0.3 is 15.3 Å². The fourth-order valence-electron chi connectivity index (χ4n) is 3.57. The van der Waals surface area contributed by atoms with E-state index in [2.05, 4.69) is 5.32 Å². The molecule has 0 aromatic heterocycles. The van der Waals surface area contributed by atoms with E-state index >= 15 is 0 Å². The Labute approximate surface area is 153 Å². The first kappa shape index (κ1) is 18.4. The van der Waals surface area contributed by atoms with Crippen LogP contribution in [0.15, 0.2) is 24.3 Å². The number of urea groups is 1. The summed E-state index contributed by atoms with van der Waals surface area (Å²) in [6.45, 7) is 6.02. The van der Waals surface area contributed by atoms with Crippen LogP contribution in [-0.2, 0) is 15.1 Å². The first-order chi connectivity index (χ1) is 12.2. The first-order valence-corrected chi connectivity index (χ1v) is 8.89. The zero-order valence-electron chi connectivity index (χ0n) is 15.4. The van der Waals surface area contributed by atoms with Gasteiger partial charge in [-0.2, -0.15) is 0 Å². The molecule has 3 rings (SSSR count). The number of amides is 4. The van der Waals surface area contributed by atoms with Gasteiger partial charge in [0.05, 0.1) is 6.10 Å². The number of aryl methyl sites for hydroxylation is 1. The second-order valence-electron chi connectivity index (χ2n) is 7.44. The third-order valence-corrected chi connectivity index (χ3v) is 5.46. The van der Waals surface area contributed by atoms with E-state index in [4.69, 9.17) is 0 Å². The molecule has 7 heteroatoms. The summed E-state index contributed by atoms with van der Waals surface area (Å²) >= 11 is 0. The molecule has 2 aliphatic heterocycles. The summed E-state index contributed by atoms with van der Waals surface area (Å²) in [4.78, 5) is 40.3. The summed E-state index contributed by atoms with van der Waals surface area (Å²) in [5, 5.41) is 12.4. The lowest BCUT2D eigenvalue weighted by atomic mass is 9.91. The zero-order valence-corrected chi connectivity index (χ0v) is 15.4. The minimum atomic E-state index is -1.17. The van der Waals surface area contributed by atoms with E-state index in [1.54, 1.807) is 18.7 Å². The monoisotopic (exact) mass is 359 g/mol. The van der Waals surface area contributed by atoms with E-state index in [9.17, 15) is 19.5 Å². The Hall–Kier alpha value is -2.41. The Morgan fingerprint density at radius 1 is 1.35 bits per heavy atom. The van der Waals surface area contributed by atoms with Crippen molar-refractivity contribution in [1.82, 2.24) is 15.1 Å². The number of aliphatic hydroxyl groups is 1. The van der Waals surface area contributed by atoms with Crippen LogP contribution in [0.4, 0.5) is 4.79 Å². The number of hydrogen-bond acceptors (Lipinski definition) is 4. The Morgan fingerprint density at radius 2 is 2.00 bits per heavy atom. The summed E-state index contributed by atoms with van der Waals surface area (Å²) in [7, 11) is 0. The molecule has 0 saturated carbocycles. The number of carbonyl (C=O) groups excluding carboxylic acids is 3. The number of likely N-dealkylation sites (tertiary alicyclic amines) is 1. The Balaban J connectivity index is 1.71. The van der Waals surface area contributed by atoms with Gasteiger partial charge in [-0.25, -0.2) is 4.79 Å². The van der Waals surface area contributed by atoms with Crippen molar-refractivity contribution < 1.29 is 19.5 Å². The van der Waals surface area contributed by atoms with E-state index in [0.717, 1.165) is 16.9 Å². The largest absolute Gasteiger partial charge is 0.393 e. The van der Waals surface area contributed by atoms with Gasteiger partial charge in [0, 0.05) is 19.0 Å². The molecule has 1 aromatic carbocycles. The molecular weight excluding hydrogens is 334 g/mol. The van der Waals surface area contributed by atoms with Crippen LogP contribution < -0.4 is 5.32 Å². The predicted molar refractivity (Wildman–Crippen MR) is 95.1 cm³/mol. The summed E-state index contributed by atoms with van der Waals surface area (Å²) in [5.74, 6) is -0.657. The van der Waals surface area contributed by atoms with Crippen LogP contribution in [-0.4, -0.2) is 58.5 Å². The molecule has 1 aromatic rings. The highest BCUT2D eigenvalue weighted by Crippen LogP contribution is 2.29. The first-order valence-electron chi connectivity index (χ1n) is 8.89. The third kappa shape index (κ3) is 3.19. The van der Waals surface area contributed by atoms with Gasteiger partial charge in [0.25, 0.3) is 5.91 Å². The van der Waals surface area contributed by atoms with E-state index in [0.29, 0.717) is 18.7 Å². The van der Waals surface area contributed by atoms with E-state index < -0.39 is 23.6 Å². The van der Waals surface area contributed by atoms with Crippen molar-refractivity contribution in [3.8, 4) is 0 Å². The van der Waals surface area contributed by atoms with Gasteiger partial charge in [0.15, 0.2) is 0 Å². The molecule has 0 spiro atoms. The average Bonchev–Trinajstić information content (AvgIpc) is 3.16. The van der Waals surface area contributed by atoms with Crippen molar-refractivity contribution in [2.75, 3.05) is 19.6 Å². The summed E-state index contributed by atoms with van der Waals surface area (Å²) in [6.07, 6.45) is 0.249. The van der Waals surface area contributed by atoms with Crippen LogP contribution in [0.5, 0.6) is 0 Å². The van der Waals surface area contributed by atoms with Crippen molar-refractivity contribution in [3.63, 3.8) is 0 Å². The number of nitrogens with zero attached hydrogens (tertiary/aromatic N) is 2. The van der Waals surface area contributed by atoms with Crippen molar-refractivity contribution in [1.29, 1.82) is 0 Å². The average molecular weight is 359 g/mol. The van der Waals surface area contributed by atoms with Crippen molar-refractivity contribution in [2.45, 2.75) is 38.8 Å². The Bertz CT molecular complexity index is 731. The highest BCUT2D eigenvalue weighted by molar-refractivity contribution is 6.09. The molecule has 3 atom stereocenters.